The van der Waals surface area contributed by atoms with Gasteiger partial charge in [0.25, 0.3) is 0 Å². The molecule has 0 saturated carbocycles. The van der Waals surface area contributed by atoms with E-state index in [1.807, 2.05) is 0 Å². The summed E-state index contributed by atoms with van der Waals surface area (Å²) < 4.78 is 0. The van der Waals surface area contributed by atoms with Crippen molar-refractivity contribution in [2.75, 3.05) is 0 Å². The Morgan fingerprint density at radius 1 is 1.18 bits per heavy atom. The van der Waals surface area contributed by atoms with E-state index in [1.165, 1.54) is 25.2 Å². The highest BCUT2D eigenvalue weighted by Crippen LogP contribution is 2.31. The van der Waals surface area contributed by atoms with Gasteiger partial charge < -0.3 is 20.4 Å². The van der Waals surface area contributed by atoms with Gasteiger partial charge in [-0.05, 0) is 13.3 Å². The zero-order valence-corrected chi connectivity index (χ0v) is 8.95. The van der Waals surface area contributed by atoms with Crippen molar-refractivity contribution in [3.05, 3.63) is 23.8 Å². The van der Waals surface area contributed by atoms with Crippen LogP contribution in [0.4, 0.5) is 4.79 Å². The maximum absolute atomic E-state index is 10.8. The second-order valence-corrected chi connectivity index (χ2v) is 3.54. The third-order valence-electron chi connectivity index (χ3n) is 2.08. The van der Waals surface area contributed by atoms with Gasteiger partial charge in [-0.15, -0.1) is 0 Å². The van der Waals surface area contributed by atoms with Crippen molar-refractivity contribution < 1.29 is 34.8 Å². The highest BCUT2D eigenvalue weighted by molar-refractivity contribution is 5.90. The molecule has 0 fully saturated rings. The molecule has 0 saturated heterocycles. The van der Waals surface area contributed by atoms with E-state index in [-0.39, 0.29) is 12.0 Å². The summed E-state index contributed by atoms with van der Waals surface area (Å²) in [6.45, 7) is 1.50. The number of rotatable bonds is 2. The van der Waals surface area contributed by atoms with Gasteiger partial charge in [0.1, 0.15) is 0 Å². The molecule has 4 N–H and O–H groups in total. The predicted octanol–water partition coefficient (Wildman–Crippen LogP) is 1.27. The van der Waals surface area contributed by atoms with Crippen molar-refractivity contribution in [3.63, 3.8) is 0 Å². The van der Waals surface area contributed by atoms with Gasteiger partial charge in [-0.2, -0.15) is 0 Å². The Balaban J connectivity index is 0.000000557. The Kier molecular flexibility index (Phi) is 4.91. The van der Waals surface area contributed by atoms with Gasteiger partial charge >= 0.3 is 18.1 Å². The third-order valence-corrected chi connectivity index (χ3v) is 2.08. The topological polar surface area (TPSA) is 132 Å². The van der Waals surface area contributed by atoms with Crippen LogP contribution in [0.5, 0.6) is 0 Å². The second-order valence-electron chi connectivity index (χ2n) is 3.54. The molecule has 0 aromatic carbocycles. The molecule has 0 amide bonds. The van der Waals surface area contributed by atoms with Crippen molar-refractivity contribution in [1.29, 1.82) is 0 Å². The molecule has 1 atom stereocenters. The first kappa shape index (κ1) is 14.7. The zero-order chi connectivity index (χ0) is 13.6. The van der Waals surface area contributed by atoms with Gasteiger partial charge in [-0.1, -0.05) is 18.2 Å². The van der Waals surface area contributed by atoms with E-state index in [2.05, 4.69) is 0 Å². The predicted molar refractivity (Wildman–Crippen MR) is 55.9 cm³/mol. The van der Waals surface area contributed by atoms with Gasteiger partial charge in [0, 0.05) is 5.57 Å². The van der Waals surface area contributed by atoms with E-state index in [1.54, 1.807) is 0 Å². The SMILES string of the molecule is CC1(C(=O)O)C=CC=C(C(=O)O)C1.O=C(O)O. The van der Waals surface area contributed by atoms with Crippen LogP contribution in [0.15, 0.2) is 23.8 Å². The number of carboxylic acids is 2. The van der Waals surface area contributed by atoms with Crippen LogP contribution in [0.1, 0.15) is 13.3 Å². The lowest BCUT2D eigenvalue weighted by Crippen LogP contribution is -2.28. The summed E-state index contributed by atoms with van der Waals surface area (Å²) in [5, 5.41) is 31.4. The van der Waals surface area contributed by atoms with Crippen molar-refractivity contribution in [1.82, 2.24) is 0 Å². The van der Waals surface area contributed by atoms with E-state index >= 15 is 0 Å². The fourth-order valence-corrected chi connectivity index (χ4v) is 1.18. The summed E-state index contributed by atoms with van der Waals surface area (Å²) in [7, 11) is 0. The van der Waals surface area contributed by atoms with E-state index in [0.29, 0.717) is 0 Å². The molecule has 1 unspecified atom stereocenters. The Morgan fingerprint density at radius 2 is 1.65 bits per heavy atom. The molecule has 0 aromatic rings. The van der Waals surface area contributed by atoms with Crippen LogP contribution in [0, 0.1) is 5.41 Å². The van der Waals surface area contributed by atoms with Crippen LogP contribution < -0.4 is 0 Å². The zero-order valence-electron chi connectivity index (χ0n) is 8.95. The molecule has 0 aliphatic heterocycles. The molecule has 7 heteroatoms. The summed E-state index contributed by atoms with van der Waals surface area (Å²) in [6, 6.07) is 0. The standard InChI is InChI=1S/C9H10O4.CH2O3/c1-9(8(12)13)4-2-3-6(5-9)7(10)11;2-1(3)4/h2-4H,5H2,1H3,(H,10,11)(H,12,13);(H2,2,3,4). The summed E-state index contributed by atoms with van der Waals surface area (Å²) in [4.78, 5) is 29.9. The van der Waals surface area contributed by atoms with E-state index in [4.69, 9.17) is 25.2 Å². The molecular weight excluding hydrogens is 232 g/mol. The minimum atomic E-state index is -1.83. The van der Waals surface area contributed by atoms with Crippen molar-refractivity contribution in [3.8, 4) is 0 Å². The van der Waals surface area contributed by atoms with Crippen LogP contribution in [0.3, 0.4) is 0 Å². The van der Waals surface area contributed by atoms with E-state index in [9.17, 15) is 9.59 Å². The lowest BCUT2D eigenvalue weighted by Gasteiger charge is -2.23. The number of carboxylic acid groups (broad SMARTS) is 4. The average molecular weight is 244 g/mol. The Bertz CT molecular complexity index is 389. The first-order valence-electron chi connectivity index (χ1n) is 4.46. The maximum atomic E-state index is 10.8. The van der Waals surface area contributed by atoms with Gasteiger partial charge in [0.15, 0.2) is 0 Å². The quantitative estimate of drug-likeness (QED) is 0.574. The van der Waals surface area contributed by atoms with Crippen LogP contribution >= 0.6 is 0 Å². The fourth-order valence-electron chi connectivity index (χ4n) is 1.18. The number of hydrogen-bond acceptors (Lipinski definition) is 3. The highest BCUT2D eigenvalue weighted by Gasteiger charge is 2.34. The summed E-state index contributed by atoms with van der Waals surface area (Å²) in [6.07, 6.45) is 2.60. The Labute approximate surface area is 96.3 Å². The summed E-state index contributed by atoms with van der Waals surface area (Å²) in [5.74, 6) is -2.06. The van der Waals surface area contributed by atoms with Crippen LogP contribution in [0.2, 0.25) is 0 Å². The number of hydrogen-bond donors (Lipinski definition) is 4. The lowest BCUT2D eigenvalue weighted by molar-refractivity contribution is -0.145. The largest absolute Gasteiger partial charge is 0.503 e. The Hall–Kier alpha value is -2.31. The van der Waals surface area contributed by atoms with Crippen molar-refractivity contribution in [2.45, 2.75) is 13.3 Å². The first-order valence-corrected chi connectivity index (χ1v) is 4.46. The van der Waals surface area contributed by atoms with E-state index < -0.39 is 23.5 Å². The van der Waals surface area contributed by atoms with Gasteiger partial charge in [0.2, 0.25) is 0 Å². The number of allylic oxidation sites excluding steroid dienone is 2. The highest BCUT2D eigenvalue weighted by atomic mass is 16.6. The van der Waals surface area contributed by atoms with Crippen LogP contribution in [-0.2, 0) is 9.59 Å². The molecule has 1 rings (SSSR count). The number of carbonyl (C=O) groups is 3. The van der Waals surface area contributed by atoms with Crippen LogP contribution in [-0.4, -0.2) is 38.5 Å². The average Bonchev–Trinajstić information content (AvgIpc) is 2.16. The van der Waals surface area contributed by atoms with E-state index in [0.717, 1.165) is 0 Å². The molecule has 1 aliphatic carbocycles. The minimum absolute atomic E-state index is 0.0359. The summed E-state index contributed by atoms with van der Waals surface area (Å²) in [5.41, 5.74) is -0.949. The molecule has 0 radical (unpaired) electrons. The fraction of sp³-hybridized carbons (Fsp3) is 0.300. The molecule has 0 heterocycles. The maximum Gasteiger partial charge on any atom is 0.503 e. The first-order chi connectivity index (χ1) is 7.69. The van der Waals surface area contributed by atoms with Crippen LogP contribution in [0.25, 0.3) is 0 Å². The summed E-state index contributed by atoms with van der Waals surface area (Å²) >= 11 is 0. The lowest BCUT2D eigenvalue weighted by atomic mass is 9.80. The minimum Gasteiger partial charge on any atom is -0.481 e. The smallest absolute Gasteiger partial charge is 0.481 e. The molecule has 0 aromatic heterocycles. The van der Waals surface area contributed by atoms with Gasteiger partial charge in [0.05, 0.1) is 5.41 Å². The molecule has 0 bridgehead atoms. The molecule has 17 heavy (non-hydrogen) atoms. The van der Waals surface area contributed by atoms with Gasteiger partial charge in [-0.3, -0.25) is 4.79 Å². The molecule has 1 aliphatic rings. The molecule has 7 nitrogen and oxygen atoms in total. The monoisotopic (exact) mass is 244 g/mol. The van der Waals surface area contributed by atoms with Gasteiger partial charge in [-0.25, -0.2) is 9.59 Å². The molecule has 94 valence electrons. The molecule has 0 spiro atoms. The van der Waals surface area contributed by atoms with Crippen molar-refractivity contribution >= 4 is 18.1 Å². The van der Waals surface area contributed by atoms with Crippen molar-refractivity contribution in [2.24, 2.45) is 5.41 Å². The molecular formula is C10H12O7. The Morgan fingerprint density at radius 3 is 2.00 bits per heavy atom. The second kappa shape index (κ2) is 5.69. The number of aliphatic carboxylic acids is 2. The normalized spacial score (nSPS) is 21.8. The third kappa shape index (κ3) is 4.83.